The maximum absolute atomic E-state index is 9.24. The largest absolute Gasteiger partial charge is 0.390 e. The van der Waals surface area contributed by atoms with Gasteiger partial charge < -0.3 is 20.4 Å². The van der Waals surface area contributed by atoms with Gasteiger partial charge in [-0.25, -0.2) is 0 Å². The molecule has 0 amide bonds. The molecule has 0 spiro atoms. The van der Waals surface area contributed by atoms with Gasteiger partial charge in [-0.15, -0.1) is 0 Å². The van der Waals surface area contributed by atoms with Gasteiger partial charge in [0.1, 0.15) is 0 Å². The summed E-state index contributed by atoms with van der Waals surface area (Å²) in [5.74, 6) is 0. The van der Waals surface area contributed by atoms with Crippen molar-refractivity contribution >= 4 is 0 Å². The minimum atomic E-state index is -0.757. The number of aliphatic hydroxyl groups is 4. The molecule has 0 saturated heterocycles. The van der Waals surface area contributed by atoms with Gasteiger partial charge in [-0.3, -0.25) is 0 Å². The van der Waals surface area contributed by atoms with E-state index in [1.54, 1.807) is 0 Å². The second kappa shape index (κ2) is 4.18. The molecular formula is C8H16O4. The highest BCUT2D eigenvalue weighted by Crippen LogP contribution is 2.18. The van der Waals surface area contributed by atoms with Crippen molar-refractivity contribution in [3.8, 4) is 0 Å². The van der Waals surface area contributed by atoms with Gasteiger partial charge in [0.05, 0.1) is 24.4 Å². The van der Waals surface area contributed by atoms with Gasteiger partial charge in [0.2, 0.25) is 0 Å². The molecule has 1 saturated carbocycles. The third-order valence-corrected chi connectivity index (χ3v) is 2.40. The van der Waals surface area contributed by atoms with Crippen molar-refractivity contribution < 1.29 is 20.4 Å². The second-order valence-electron chi connectivity index (χ2n) is 3.42. The Bertz CT molecular complexity index is 107. The second-order valence-corrected chi connectivity index (χ2v) is 3.42. The lowest BCUT2D eigenvalue weighted by molar-refractivity contribution is -0.0519. The maximum Gasteiger partial charge on any atom is 0.0800 e. The number of aliphatic hydroxyl groups excluding tert-OH is 4. The number of hydrogen-bond acceptors (Lipinski definition) is 4. The summed E-state index contributed by atoms with van der Waals surface area (Å²) in [7, 11) is 0. The first-order valence-corrected chi connectivity index (χ1v) is 4.33. The first kappa shape index (κ1) is 9.92. The zero-order chi connectivity index (χ0) is 9.14. The molecule has 1 aliphatic rings. The Labute approximate surface area is 71.5 Å². The molecule has 12 heavy (non-hydrogen) atoms. The van der Waals surface area contributed by atoms with Crippen molar-refractivity contribution in [2.24, 2.45) is 0 Å². The summed E-state index contributed by atoms with van der Waals surface area (Å²) in [6, 6.07) is 0. The predicted molar refractivity (Wildman–Crippen MR) is 42.5 cm³/mol. The fraction of sp³-hybridized carbons (Fsp3) is 1.00. The molecule has 4 heteroatoms. The molecule has 0 unspecified atom stereocenters. The van der Waals surface area contributed by atoms with Gasteiger partial charge in [0.25, 0.3) is 0 Å². The van der Waals surface area contributed by atoms with Crippen molar-refractivity contribution in [1.82, 2.24) is 0 Å². The van der Waals surface area contributed by atoms with Crippen LogP contribution in [0.4, 0.5) is 0 Å². The van der Waals surface area contributed by atoms with Gasteiger partial charge in [-0.05, 0) is 25.7 Å². The first-order valence-electron chi connectivity index (χ1n) is 4.33. The van der Waals surface area contributed by atoms with Crippen LogP contribution in [0.2, 0.25) is 0 Å². The van der Waals surface area contributed by atoms with Crippen LogP contribution in [0.5, 0.6) is 0 Å². The minimum absolute atomic E-state index is 0.347. The molecule has 1 rings (SSSR count). The SMILES string of the molecule is O[C@@H]1CC[C@@H](O)[C@@H](O)CC[C@@H]1O. The first-order chi connectivity index (χ1) is 5.61. The summed E-state index contributed by atoms with van der Waals surface area (Å²) in [4.78, 5) is 0. The Kier molecular flexibility index (Phi) is 3.46. The van der Waals surface area contributed by atoms with Crippen molar-refractivity contribution in [1.29, 1.82) is 0 Å². The van der Waals surface area contributed by atoms with E-state index in [2.05, 4.69) is 0 Å². The van der Waals surface area contributed by atoms with Gasteiger partial charge in [0, 0.05) is 0 Å². The zero-order valence-electron chi connectivity index (χ0n) is 6.93. The van der Waals surface area contributed by atoms with Gasteiger partial charge in [-0.2, -0.15) is 0 Å². The molecule has 72 valence electrons. The Morgan fingerprint density at radius 3 is 0.833 bits per heavy atom. The van der Waals surface area contributed by atoms with Crippen molar-refractivity contribution in [2.45, 2.75) is 50.1 Å². The van der Waals surface area contributed by atoms with Crippen LogP contribution in [0.3, 0.4) is 0 Å². The predicted octanol–water partition coefficient (Wildman–Crippen LogP) is -0.996. The van der Waals surface area contributed by atoms with E-state index in [1.165, 1.54) is 0 Å². The van der Waals surface area contributed by atoms with E-state index < -0.39 is 24.4 Å². The number of rotatable bonds is 0. The zero-order valence-corrected chi connectivity index (χ0v) is 6.93. The van der Waals surface area contributed by atoms with E-state index in [1.807, 2.05) is 0 Å². The molecule has 0 aromatic rings. The van der Waals surface area contributed by atoms with Crippen LogP contribution in [0.1, 0.15) is 25.7 Å². The quantitative estimate of drug-likeness (QED) is 0.382. The number of hydrogen-bond donors (Lipinski definition) is 4. The Balaban J connectivity index is 2.45. The molecule has 1 fully saturated rings. The third kappa shape index (κ3) is 2.42. The van der Waals surface area contributed by atoms with Crippen molar-refractivity contribution in [3.05, 3.63) is 0 Å². The van der Waals surface area contributed by atoms with Gasteiger partial charge in [-0.1, -0.05) is 0 Å². The molecule has 0 aliphatic heterocycles. The van der Waals surface area contributed by atoms with E-state index >= 15 is 0 Å². The van der Waals surface area contributed by atoms with Crippen LogP contribution in [0.15, 0.2) is 0 Å². The highest BCUT2D eigenvalue weighted by Gasteiger charge is 2.25. The molecule has 4 atom stereocenters. The summed E-state index contributed by atoms with van der Waals surface area (Å²) in [5.41, 5.74) is 0. The monoisotopic (exact) mass is 176 g/mol. The van der Waals surface area contributed by atoms with Gasteiger partial charge in [0.15, 0.2) is 0 Å². The van der Waals surface area contributed by atoms with Crippen LogP contribution < -0.4 is 0 Å². The molecule has 0 bridgehead atoms. The summed E-state index contributed by atoms with van der Waals surface area (Å²) in [6.07, 6.45) is -1.64. The highest BCUT2D eigenvalue weighted by atomic mass is 16.3. The molecule has 0 aromatic carbocycles. The van der Waals surface area contributed by atoms with Crippen molar-refractivity contribution in [3.63, 3.8) is 0 Å². The lowest BCUT2D eigenvalue weighted by Gasteiger charge is -2.26. The normalized spacial score (nSPS) is 45.0. The molecule has 0 heterocycles. The fourth-order valence-corrected chi connectivity index (χ4v) is 1.45. The fourth-order valence-electron chi connectivity index (χ4n) is 1.45. The molecule has 4 nitrogen and oxygen atoms in total. The molecule has 4 N–H and O–H groups in total. The van der Waals surface area contributed by atoms with E-state index in [4.69, 9.17) is 0 Å². The summed E-state index contributed by atoms with van der Waals surface area (Å²) >= 11 is 0. The minimum Gasteiger partial charge on any atom is -0.390 e. The van der Waals surface area contributed by atoms with E-state index in [9.17, 15) is 20.4 Å². The van der Waals surface area contributed by atoms with E-state index in [0.29, 0.717) is 25.7 Å². The Morgan fingerprint density at radius 1 is 0.500 bits per heavy atom. The summed E-state index contributed by atoms with van der Waals surface area (Å²) in [5, 5.41) is 37.0. The van der Waals surface area contributed by atoms with Gasteiger partial charge >= 0.3 is 0 Å². The smallest absolute Gasteiger partial charge is 0.0800 e. The summed E-state index contributed by atoms with van der Waals surface area (Å²) < 4.78 is 0. The molecule has 0 radical (unpaired) electrons. The molecular weight excluding hydrogens is 160 g/mol. The van der Waals surface area contributed by atoms with E-state index in [0.717, 1.165) is 0 Å². The highest BCUT2D eigenvalue weighted by molar-refractivity contribution is 4.78. The lowest BCUT2D eigenvalue weighted by atomic mass is 9.93. The van der Waals surface area contributed by atoms with Crippen molar-refractivity contribution in [2.75, 3.05) is 0 Å². The van der Waals surface area contributed by atoms with Crippen LogP contribution in [-0.4, -0.2) is 44.8 Å². The maximum atomic E-state index is 9.24. The topological polar surface area (TPSA) is 80.9 Å². The standard InChI is InChI=1S/C8H16O4/c9-5-1-2-6(10)8(12)4-3-7(5)11/h5-12H,1-4H2/t5-,6-,7+,8+. The third-order valence-electron chi connectivity index (χ3n) is 2.40. The molecule has 0 aromatic heterocycles. The summed E-state index contributed by atoms with van der Waals surface area (Å²) in [6.45, 7) is 0. The average Bonchev–Trinajstić information content (AvgIpc) is 2.07. The van der Waals surface area contributed by atoms with E-state index in [-0.39, 0.29) is 0 Å². The lowest BCUT2D eigenvalue weighted by Crippen LogP contribution is -2.35. The van der Waals surface area contributed by atoms with Crippen LogP contribution in [0, 0.1) is 0 Å². The van der Waals surface area contributed by atoms with Crippen LogP contribution in [-0.2, 0) is 0 Å². The Hall–Kier alpha value is -0.160. The van der Waals surface area contributed by atoms with Crippen LogP contribution >= 0.6 is 0 Å². The molecule has 1 aliphatic carbocycles. The average molecular weight is 176 g/mol. The Morgan fingerprint density at radius 2 is 0.667 bits per heavy atom. The van der Waals surface area contributed by atoms with Crippen LogP contribution in [0.25, 0.3) is 0 Å².